The summed E-state index contributed by atoms with van der Waals surface area (Å²) in [5.41, 5.74) is 1.85. The van der Waals surface area contributed by atoms with Gasteiger partial charge in [0.05, 0.1) is 10.9 Å². The molecule has 1 atom stereocenters. The molecule has 0 aliphatic rings. The van der Waals surface area contributed by atoms with E-state index in [1.807, 2.05) is 24.3 Å². The van der Waals surface area contributed by atoms with Gasteiger partial charge in [-0.05, 0) is 17.7 Å². The molecule has 0 aliphatic carbocycles. The number of rotatable bonds is 4. The van der Waals surface area contributed by atoms with Crippen LogP contribution in [0.2, 0.25) is 0 Å². The van der Waals surface area contributed by atoms with Crippen LogP contribution in [0.5, 0.6) is 0 Å². The minimum absolute atomic E-state index is 0.170. The highest BCUT2D eigenvalue weighted by Gasteiger charge is 2.24. The maximum atomic E-state index is 13.0. The third kappa shape index (κ3) is 2.37. The van der Waals surface area contributed by atoms with Gasteiger partial charge in [-0.15, -0.1) is 0 Å². The zero-order valence-corrected chi connectivity index (χ0v) is 14.5. The Labute approximate surface area is 156 Å². The Morgan fingerprint density at radius 3 is 2.89 bits per heavy atom. The number of pyridine rings is 1. The molecule has 0 radical (unpaired) electrons. The number of carboxylic acid groups (broad SMARTS) is 1. The Balaban J connectivity index is 1.65. The first-order valence-corrected chi connectivity index (χ1v) is 8.61. The molecule has 0 amide bonds. The zero-order valence-electron chi connectivity index (χ0n) is 14.5. The van der Waals surface area contributed by atoms with Crippen LogP contribution in [0, 0.1) is 0 Å². The highest BCUT2D eigenvalue weighted by atomic mass is 16.4. The second-order valence-corrected chi connectivity index (χ2v) is 6.47. The van der Waals surface area contributed by atoms with E-state index in [9.17, 15) is 14.7 Å². The fourth-order valence-corrected chi connectivity index (χ4v) is 3.54. The van der Waals surface area contributed by atoms with E-state index in [4.69, 9.17) is 0 Å². The monoisotopic (exact) mass is 374 g/mol. The summed E-state index contributed by atoms with van der Waals surface area (Å²) in [5, 5.41) is 15.1. The van der Waals surface area contributed by atoms with E-state index in [1.54, 1.807) is 12.3 Å². The lowest BCUT2D eigenvalue weighted by Crippen LogP contribution is -2.31. The van der Waals surface area contributed by atoms with Crippen LogP contribution in [0.3, 0.4) is 0 Å². The molecule has 0 saturated heterocycles. The molecule has 138 valence electrons. The van der Waals surface area contributed by atoms with E-state index < -0.39 is 17.6 Å². The number of para-hydroxylation sites is 1. The highest BCUT2D eigenvalue weighted by Crippen LogP contribution is 2.23. The molecule has 9 nitrogen and oxygen atoms in total. The summed E-state index contributed by atoms with van der Waals surface area (Å²) < 4.78 is 2.69. The number of fused-ring (bicyclic) bond motifs is 4. The number of benzene rings is 1. The molecule has 4 aromatic heterocycles. The van der Waals surface area contributed by atoms with Crippen molar-refractivity contribution in [1.82, 2.24) is 29.1 Å². The number of nitrogens with one attached hydrogen (secondary N) is 1. The quantitative estimate of drug-likeness (QED) is 0.495. The van der Waals surface area contributed by atoms with Crippen LogP contribution in [-0.4, -0.2) is 40.2 Å². The van der Waals surface area contributed by atoms with Crippen molar-refractivity contribution in [2.24, 2.45) is 0 Å². The van der Waals surface area contributed by atoms with Crippen molar-refractivity contribution in [2.45, 2.75) is 12.5 Å². The van der Waals surface area contributed by atoms with Gasteiger partial charge in [-0.25, -0.2) is 9.78 Å². The van der Waals surface area contributed by atoms with Crippen LogP contribution in [-0.2, 0) is 11.2 Å². The molecule has 0 fully saturated rings. The van der Waals surface area contributed by atoms with E-state index in [1.165, 1.54) is 27.8 Å². The molecule has 0 spiro atoms. The lowest BCUT2D eigenvalue weighted by atomic mass is 10.0. The lowest BCUT2D eigenvalue weighted by Gasteiger charge is -2.16. The minimum atomic E-state index is -1.08. The number of aromatic nitrogens is 6. The summed E-state index contributed by atoms with van der Waals surface area (Å²) in [6, 6.07) is 8.25. The molecular weight excluding hydrogens is 360 g/mol. The summed E-state index contributed by atoms with van der Waals surface area (Å²) in [7, 11) is 0. The Kier molecular flexibility index (Phi) is 3.48. The lowest BCUT2D eigenvalue weighted by molar-refractivity contribution is -0.140. The molecular formula is C19H14N6O3. The molecule has 1 aromatic carbocycles. The molecule has 0 unspecified atom stereocenters. The first-order valence-electron chi connectivity index (χ1n) is 8.61. The van der Waals surface area contributed by atoms with Gasteiger partial charge in [0.15, 0.2) is 0 Å². The smallest absolute Gasteiger partial charge is 0.327 e. The van der Waals surface area contributed by atoms with E-state index in [-0.39, 0.29) is 11.8 Å². The predicted molar refractivity (Wildman–Crippen MR) is 101 cm³/mol. The van der Waals surface area contributed by atoms with Crippen molar-refractivity contribution < 1.29 is 9.90 Å². The SMILES string of the molecule is O=C(O)[C@@H](Cc1c[nH]c2ccccc12)n1ccc2c(cnc3ncnn32)c1=O. The molecule has 0 saturated carbocycles. The second kappa shape index (κ2) is 6.02. The van der Waals surface area contributed by atoms with Crippen molar-refractivity contribution in [3.63, 3.8) is 0 Å². The molecule has 5 rings (SSSR count). The Hall–Kier alpha value is -4.01. The van der Waals surface area contributed by atoms with Crippen molar-refractivity contribution in [3.05, 3.63) is 71.2 Å². The fourth-order valence-electron chi connectivity index (χ4n) is 3.54. The Morgan fingerprint density at radius 1 is 1.18 bits per heavy atom. The second-order valence-electron chi connectivity index (χ2n) is 6.47. The van der Waals surface area contributed by atoms with Crippen LogP contribution < -0.4 is 5.56 Å². The van der Waals surface area contributed by atoms with Gasteiger partial charge < -0.3 is 14.7 Å². The van der Waals surface area contributed by atoms with Gasteiger partial charge in [0.25, 0.3) is 11.3 Å². The molecule has 28 heavy (non-hydrogen) atoms. The number of carbonyl (C=O) groups is 1. The van der Waals surface area contributed by atoms with Crippen LogP contribution in [0.25, 0.3) is 27.6 Å². The normalized spacial score (nSPS) is 12.7. The van der Waals surface area contributed by atoms with E-state index in [0.717, 1.165) is 16.5 Å². The largest absolute Gasteiger partial charge is 0.480 e. The van der Waals surface area contributed by atoms with Gasteiger partial charge in [-0.3, -0.25) is 4.79 Å². The number of aromatic amines is 1. The first kappa shape index (κ1) is 16.2. The van der Waals surface area contributed by atoms with E-state index >= 15 is 0 Å². The molecule has 5 aromatic rings. The van der Waals surface area contributed by atoms with Gasteiger partial charge in [-0.1, -0.05) is 18.2 Å². The third-order valence-electron chi connectivity index (χ3n) is 4.91. The third-order valence-corrected chi connectivity index (χ3v) is 4.91. The van der Waals surface area contributed by atoms with Gasteiger partial charge in [0.2, 0.25) is 0 Å². The average Bonchev–Trinajstić information content (AvgIpc) is 3.33. The Bertz CT molecular complexity index is 1410. The summed E-state index contributed by atoms with van der Waals surface area (Å²) in [6.45, 7) is 0. The molecule has 4 heterocycles. The average molecular weight is 374 g/mol. The molecule has 0 aliphatic heterocycles. The van der Waals surface area contributed by atoms with Crippen LogP contribution in [0.15, 0.2) is 60.0 Å². The Morgan fingerprint density at radius 2 is 2.04 bits per heavy atom. The minimum Gasteiger partial charge on any atom is -0.480 e. The number of H-pyrrole nitrogens is 1. The van der Waals surface area contributed by atoms with Gasteiger partial charge in [0.1, 0.15) is 12.4 Å². The fraction of sp³-hybridized carbons (Fsp3) is 0.105. The molecule has 0 bridgehead atoms. The van der Waals surface area contributed by atoms with Crippen molar-refractivity contribution in [3.8, 4) is 0 Å². The highest BCUT2D eigenvalue weighted by molar-refractivity contribution is 5.84. The summed E-state index contributed by atoms with van der Waals surface area (Å²) in [4.78, 5) is 36.3. The van der Waals surface area contributed by atoms with E-state index in [2.05, 4.69) is 20.1 Å². The van der Waals surface area contributed by atoms with Gasteiger partial charge in [0, 0.05) is 35.9 Å². The maximum absolute atomic E-state index is 13.0. The van der Waals surface area contributed by atoms with Gasteiger partial charge in [-0.2, -0.15) is 14.6 Å². The van der Waals surface area contributed by atoms with Crippen molar-refractivity contribution in [1.29, 1.82) is 0 Å². The summed E-state index contributed by atoms with van der Waals surface area (Å²) >= 11 is 0. The predicted octanol–water partition coefficient (Wildman–Crippen LogP) is 1.79. The number of hydrogen-bond donors (Lipinski definition) is 2. The van der Waals surface area contributed by atoms with E-state index in [0.29, 0.717) is 11.3 Å². The molecule has 2 N–H and O–H groups in total. The number of nitrogens with zero attached hydrogens (tertiary/aromatic N) is 5. The maximum Gasteiger partial charge on any atom is 0.327 e. The summed E-state index contributed by atoms with van der Waals surface area (Å²) in [6.07, 6.45) is 6.20. The van der Waals surface area contributed by atoms with Gasteiger partial charge >= 0.3 is 5.97 Å². The van der Waals surface area contributed by atoms with Crippen molar-refractivity contribution in [2.75, 3.05) is 0 Å². The summed E-state index contributed by atoms with van der Waals surface area (Å²) in [5.74, 6) is -0.709. The van der Waals surface area contributed by atoms with Crippen LogP contribution in [0.1, 0.15) is 11.6 Å². The number of aliphatic carboxylic acids is 1. The van der Waals surface area contributed by atoms with Crippen molar-refractivity contribution >= 4 is 33.6 Å². The standard InChI is InChI=1S/C19H14N6O3/c26-17-13-9-21-19-22-10-23-25(19)15(13)5-6-24(17)16(18(27)28)7-11-8-20-14-4-2-1-3-12(11)14/h1-6,8-10,16,20H,7H2,(H,27,28)/t16-/m1/s1. The van der Waals surface area contributed by atoms with Crippen LogP contribution in [0.4, 0.5) is 0 Å². The number of carboxylic acids is 1. The number of hydrogen-bond acceptors (Lipinski definition) is 5. The topological polar surface area (TPSA) is 118 Å². The zero-order chi connectivity index (χ0) is 19.3. The van der Waals surface area contributed by atoms with Crippen LogP contribution >= 0.6 is 0 Å². The molecule has 9 heteroatoms. The first-order chi connectivity index (χ1) is 13.6.